The molecule has 0 aliphatic carbocycles. The normalized spacial score (nSPS) is 24.8. The molecule has 0 amide bonds. The Morgan fingerprint density at radius 1 is 1.35 bits per heavy atom. The van der Waals surface area contributed by atoms with E-state index in [0.29, 0.717) is 24.5 Å². The van der Waals surface area contributed by atoms with Crippen molar-refractivity contribution in [2.45, 2.75) is 12.6 Å². The van der Waals surface area contributed by atoms with Gasteiger partial charge in [0, 0.05) is 12.1 Å². The zero-order chi connectivity index (χ0) is 12.7. The van der Waals surface area contributed by atoms with Crippen LogP contribution >= 0.6 is 0 Å². The minimum Gasteiger partial charge on any atom is -0.383 e. The standard InChI is InChI=1S/C11H13F3N3/c1-17(6-5-10(15)16-17)9-4-2-3-8(7-9)11(12,13)14/h2-4,7H,5-6H2,1H3,(H2,15,16)/q+1/t17-/m1/s1. The molecule has 0 bridgehead atoms. The predicted octanol–water partition coefficient (Wildman–Crippen LogP) is 2.32. The Morgan fingerprint density at radius 3 is 2.59 bits per heavy atom. The summed E-state index contributed by atoms with van der Waals surface area (Å²) in [5.41, 5.74) is 5.43. The number of nitrogens with two attached hydrogens (primary N) is 1. The number of quaternary nitrogens is 1. The first-order chi connectivity index (χ1) is 7.81. The maximum absolute atomic E-state index is 12.6. The molecule has 2 rings (SSSR count). The van der Waals surface area contributed by atoms with Gasteiger partial charge in [0.2, 0.25) is 0 Å². The molecule has 1 aliphatic heterocycles. The van der Waals surface area contributed by atoms with E-state index in [4.69, 9.17) is 5.73 Å². The summed E-state index contributed by atoms with van der Waals surface area (Å²) in [6.45, 7) is 0.590. The van der Waals surface area contributed by atoms with Gasteiger partial charge >= 0.3 is 6.18 Å². The minimum atomic E-state index is -4.33. The van der Waals surface area contributed by atoms with E-state index in [-0.39, 0.29) is 4.59 Å². The summed E-state index contributed by atoms with van der Waals surface area (Å²) in [5.74, 6) is 0.477. The van der Waals surface area contributed by atoms with Crippen LogP contribution in [0.5, 0.6) is 0 Å². The molecule has 6 heteroatoms. The van der Waals surface area contributed by atoms with Gasteiger partial charge in [-0.25, -0.2) is 0 Å². The fourth-order valence-electron chi connectivity index (χ4n) is 1.88. The molecule has 1 heterocycles. The van der Waals surface area contributed by atoms with E-state index in [9.17, 15) is 13.2 Å². The monoisotopic (exact) mass is 244 g/mol. The predicted molar refractivity (Wildman–Crippen MR) is 60.3 cm³/mol. The lowest BCUT2D eigenvalue weighted by molar-refractivity contribution is -0.137. The summed E-state index contributed by atoms with van der Waals surface area (Å²) < 4.78 is 37.8. The maximum atomic E-state index is 12.6. The number of alkyl halides is 3. The van der Waals surface area contributed by atoms with Gasteiger partial charge in [-0.2, -0.15) is 17.8 Å². The second-order valence-electron chi connectivity index (χ2n) is 4.25. The Labute approximate surface area is 96.9 Å². The van der Waals surface area contributed by atoms with Crippen molar-refractivity contribution in [1.82, 2.24) is 4.59 Å². The summed E-state index contributed by atoms with van der Waals surface area (Å²) in [6, 6.07) is 5.21. The van der Waals surface area contributed by atoms with Crippen molar-refractivity contribution in [3.8, 4) is 0 Å². The van der Waals surface area contributed by atoms with Gasteiger partial charge in [-0.1, -0.05) is 11.2 Å². The van der Waals surface area contributed by atoms with Crippen molar-refractivity contribution in [3.63, 3.8) is 0 Å². The van der Waals surface area contributed by atoms with Crippen LogP contribution < -0.4 is 10.3 Å². The Morgan fingerprint density at radius 2 is 2.06 bits per heavy atom. The fraction of sp³-hybridized carbons (Fsp3) is 0.364. The third-order valence-electron chi connectivity index (χ3n) is 2.88. The molecular formula is C11H13F3N3+. The highest BCUT2D eigenvalue weighted by Gasteiger charge is 2.35. The number of hydrogen-bond acceptors (Lipinski definition) is 2. The molecule has 0 aromatic heterocycles. The number of halogens is 3. The van der Waals surface area contributed by atoms with E-state index in [0.717, 1.165) is 12.1 Å². The number of amidine groups is 1. The molecule has 1 aliphatic rings. The van der Waals surface area contributed by atoms with Gasteiger partial charge in [0.15, 0.2) is 11.5 Å². The summed E-state index contributed by atoms with van der Waals surface area (Å²) in [4.78, 5) is 0. The molecule has 1 aromatic rings. The molecule has 92 valence electrons. The first-order valence-corrected chi connectivity index (χ1v) is 5.19. The van der Waals surface area contributed by atoms with Crippen molar-refractivity contribution in [2.24, 2.45) is 10.8 Å². The summed E-state index contributed by atoms with van der Waals surface area (Å²) in [5, 5.41) is 4.18. The van der Waals surface area contributed by atoms with Crippen molar-refractivity contribution in [1.29, 1.82) is 0 Å². The lowest BCUT2D eigenvalue weighted by Gasteiger charge is -2.23. The Bertz CT molecular complexity index is 467. The highest BCUT2D eigenvalue weighted by atomic mass is 19.4. The molecule has 0 radical (unpaired) electrons. The van der Waals surface area contributed by atoms with E-state index in [2.05, 4.69) is 5.10 Å². The summed E-state index contributed by atoms with van der Waals surface area (Å²) in [6.07, 6.45) is -3.73. The van der Waals surface area contributed by atoms with Gasteiger partial charge in [0.05, 0.1) is 19.0 Å². The van der Waals surface area contributed by atoms with Crippen LogP contribution in [0.1, 0.15) is 12.0 Å². The molecule has 2 N–H and O–H groups in total. The molecule has 0 fully saturated rings. The van der Waals surface area contributed by atoms with Gasteiger partial charge < -0.3 is 5.73 Å². The van der Waals surface area contributed by atoms with E-state index in [1.165, 1.54) is 6.07 Å². The van der Waals surface area contributed by atoms with Crippen molar-refractivity contribution < 1.29 is 13.2 Å². The lowest BCUT2D eigenvalue weighted by Crippen LogP contribution is -2.36. The van der Waals surface area contributed by atoms with Crippen LogP contribution in [0.4, 0.5) is 18.9 Å². The number of nitrogens with zero attached hydrogens (tertiary/aromatic N) is 2. The largest absolute Gasteiger partial charge is 0.416 e. The first kappa shape index (κ1) is 11.9. The van der Waals surface area contributed by atoms with Crippen LogP contribution in [0.25, 0.3) is 0 Å². The highest BCUT2D eigenvalue weighted by molar-refractivity contribution is 5.83. The molecule has 17 heavy (non-hydrogen) atoms. The molecule has 0 saturated carbocycles. The topological polar surface area (TPSA) is 38.4 Å². The van der Waals surface area contributed by atoms with Gasteiger partial charge in [0.25, 0.3) is 0 Å². The van der Waals surface area contributed by atoms with E-state index in [1.54, 1.807) is 13.1 Å². The fourth-order valence-corrected chi connectivity index (χ4v) is 1.88. The Hall–Kier alpha value is -1.56. The van der Waals surface area contributed by atoms with Crippen molar-refractivity contribution >= 4 is 11.5 Å². The van der Waals surface area contributed by atoms with E-state index in [1.807, 2.05) is 0 Å². The van der Waals surface area contributed by atoms with Crippen LogP contribution in [0.3, 0.4) is 0 Å². The van der Waals surface area contributed by atoms with Crippen LogP contribution in [0.2, 0.25) is 0 Å². The number of hydrogen-bond donors (Lipinski definition) is 1. The molecule has 1 atom stereocenters. The average Bonchev–Trinajstić information content (AvgIpc) is 2.59. The van der Waals surface area contributed by atoms with E-state index < -0.39 is 11.7 Å². The first-order valence-electron chi connectivity index (χ1n) is 5.19. The lowest BCUT2D eigenvalue weighted by atomic mass is 10.2. The summed E-state index contributed by atoms with van der Waals surface area (Å²) in [7, 11) is 1.75. The third kappa shape index (κ3) is 2.26. The maximum Gasteiger partial charge on any atom is 0.416 e. The molecule has 1 aromatic carbocycles. The van der Waals surface area contributed by atoms with Gasteiger partial charge in [0.1, 0.15) is 6.54 Å². The minimum absolute atomic E-state index is 0.0791. The van der Waals surface area contributed by atoms with Crippen LogP contribution in [-0.2, 0) is 6.18 Å². The molecule has 0 spiro atoms. The van der Waals surface area contributed by atoms with Crippen LogP contribution in [0.15, 0.2) is 29.4 Å². The zero-order valence-corrected chi connectivity index (χ0v) is 9.33. The average molecular weight is 244 g/mol. The van der Waals surface area contributed by atoms with Gasteiger partial charge in [-0.15, -0.1) is 0 Å². The van der Waals surface area contributed by atoms with E-state index >= 15 is 0 Å². The molecule has 0 saturated heterocycles. The summed E-state index contributed by atoms with van der Waals surface area (Å²) >= 11 is 0. The number of benzene rings is 1. The SMILES string of the molecule is C[N@+]1(c2cccc(C(F)(F)F)c2)CCC(N)=N1. The Balaban J connectivity index is 2.41. The molecule has 3 nitrogen and oxygen atoms in total. The van der Waals surface area contributed by atoms with Crippen molar-refractivity contribution in [2.75, 3.05) is 13.6 Å². The number of rotatable bonds is 1. The third-order valence-corrected chi connectivity index (χ3v) is 2.88. The van der Waals surface area contributed by atoms with Gasteiger partial charge in [-0.3, -0.25) is 0 Å². The second-order valence-corrected chi connectivity index (χ2v) is 4.25. The van der Waals surface area contributed by atoms with Crippen LogP contribution in [0, 0.1) is 0 Å². The highest BCUT2D eigenvalue weighted by Crippen LogP contribution is 2.34. The van der Waals surface area contributed by atoms with Crippen LogP contribution in [-0.4, -0.2) is 19.4 Å². The molecular weight excluding hydrogens is 231 g/mol. The smallest absolute Gasteiger partial charge is 0.383 e. The second kappa shape index (κ2) is 3.73. The molecule has 0 unspecified atom stereocenters. The van der Waals surface area contributed by atoms with Gasteiger partial charge in [-0.05, 0) is 6.07 Å². The quantitative estimate of drug-likeness (QED) is 0.756. The Kier molecular flexibility index (Phi) is 2.61. The zero-order valence-electron chi connectivity index (χ0n) is 9.33. The van der Waals surface area contributed by atoms with Crippen molar-refractivity contribution in [3.05, 3.63) is 29.8 Å².